The molecule has 3 nitrogen and oxygen atoms in total. The van der Waals surface area contributed by atoms with Crippen molar-refractivity contribution in [3.05, 3.63) is 0 Å². The molecule has 0 saturated carbocycles. The molecule has 3 heteroatoms. The summed E-state index contributed by atoms with van der Waals surface area (Å²) in [6.07, 6.45) is 12.8. The quantitative estimate of drug-likeness (QED) is 0.575. The first-order valence-electron chi connectivity index (χ1n) is 8.65. The molecule has 1 heterocycles. The number of hydrogen-bond donors (Lipinski definition) is 1. The fraction of sp³-hybridized carbons (Fsp3) is 1.00. The molecule has 1 N–H and O–H groups in total. The minimum Gasteiger partial charge on any atom is -0.394 e. The van der Waals surface area contributed by atoms with Gasteiger partial charge in [-0.3, -0.25) is 0 Å². The average Bonchev–Trinajstić information content (AvgIpc) is 3.00. The number of aliphatic hydroxyl groups excluding tert-OH is 1. The van der Waals surface area contributed by atoms with E-state index in [4.69, 9.17) is 14.6 Å². The third-order valence-electron chi connectivity index (χ3n) is 3.51. The van der Waals surface area contributed by atoms with Crippen LogP contribution in [-0.2, 0) is 9.47 Å². The van der Waals surface area contributed by atoms with Gasteiger partial charge in [-0.25, -0.2) is 0 Å². The Morgan fingerprint density at radius 3 is 1.90 bits per heavy atom. The van der Waals surface area contributed by atoms with Gasteiger partial charge in [-0.15, -0.1) is 0 Å². The van der Waals surface area contributed by atoms with Crippen molar-refractivity contribution >= 4 is 0 Å². The standard InChI is InChI=1S/C12H26O.C5H10O2/c1-3-5-7-9-11-13-12-10-8-6-4-2;6-4-5-2-1-3-7-5/h3-12H2,1-2H3;5-6H,1-4H2. The van der Waals surface area contributed by atoms with Gasteiger partial charge >= 0.3 is 0 Å². The Morgan fingerprint density at radius 2 is 1.55 bits per heavy atom. The highest BCUT2D eigenvalue weighted by atomic mass is 16.5. The predicted molar refractivity (Wildman–Crippen MR) is 85.2 cm³/mol. The molecule has 0 amide bonds. The van der Waals surface area contributed by atoms with Crippen LogP contribution in [0.4, 0.5) is 0 Å². The number of unbranched alkanes of at least 4 members (excludes halogenated alkanes) is 6. The molecule has 1 atom stereocenters. The summed E-state index contributed by atoms with van der Waals surface area (Å²) in [6, 6.07) is 0. The van der Waals surface area contributed by atoms with Gasteiger partial charge in [0.1, 0.15) is 0 Å². The molecule has 0 bridgehead atoms. The van der Waals surface area contributed by atoms with Crippen molar-refractivity contribution in [1.82, 2.24) is 0 Å². The molecule has 20 heavy (non-hydrogen) atoms. The summed E-state index contributed by atoms with van der Waals surface area (Å²) in [5.74, 6) is 0. The highest BCUT2D eigenvalue weighted by Gasteiger charge is 2.12. The zero-order valence-corrected chi connectivity index (χ0v) is 13.7. The predicted octanol–water partition coefficient (Wildman–Crippen LogP) is 4.32. The summed E-state index contributed by atoms with van der Waals surface area (Å²) in [5.41, 5.74) is 0. The molecule has 1 unspecified atom stereocenters. The second kappa shape index (κ2) is 16.9. The van der Waals surface area contributed by atoms with Gasteiger partial charge in [-0.1, -0.05) is 52.4 Å². The van der Waals surface area contributed by atoms with Gasteiger partial charge in [-0.05, 0) is 25.7 Å². The van der Waals surface area contributed by atoms with Crippen LogP contribution in [0.15, 0.2) is 0 Å². The molecule has 1 aliphatic rings. The first-order valence-corrected chi connectivity index (χ1v) is 8.65. The third kappa shape index (κ3) is 14.3. The SMILES string of the molecule is CCCCCCOCCCCCC.OCC1CCCO1. The average molecular weight is 288 g/mol. The van der Waals surface area contributed by atoms with E-state index in [1.807, 2.05) is 0 Å². The lowest BCUT2D eigenvalue weighted by atomic mass is 10.2. The maximum atomic E-state index is 8.44. The van der Waals surface area contributed by atoms with Gasteiger partial charge in [-0.2, -0.15) is 0 Å². The number of ether oxygens (including phenoxy) is 2. The highest BCUT2D eigenvalue weighted by Crippen LogP contribution is 2.09. The largest absolute Gasteiger partial charge is 0.394 e. The van der Waals surface area contributed by atoms with E-state index in [2.05, 4.69) is 13.8 Å². The fourth-order valence-corrected chi connectivity index (χ4v) is 2.15. The van der Waals surface area contributed by atoms with E-state index in [0.29, 0.717) is 0 Å². The van der Waals surface area contributed by atoms with Crippen molar-refractivity contribution in [3.8, 4) is 0 Å². The smallest absolute Gasteiger partial charge is 0.0806 e. The van der Waals surface area contributed by atoms with Crippen molar-refractivity contribution < 1.29 is 14.6 Å². The zero-order chi connectivity index (χ0) is 14.9. The van der Waals surface area contributed by atoms with Gasteiger partial charge < -0.3 is 14.6 Å². The lowest BCUT2D eigenvalue weighted by molar-refractivity contribution is 0.0591. The minimum absolute atomic E-state index is 0.153. The summed E-state index contributed by atoms with van der Waals surface area (Å²) < 4.78 is 10.6. The lowest BCUT2D eigenvalue weighted by Gasteiger charge is -2.03. The van der Waals surface area contributed by atoms with E-state index < -0.39 is 0 Å². The molecule has 0 aromatic carbocycles. The van der Waals surface area contributed by atoms with Crippen LogP contribution in [0, 0.1) is 0 Å². The van der Waals surface area contributed by atoms with Crippen molar-refractivity contribution in [3.63, 3.8) is 0 Å². The lowest BCUT2D eigenvalue weighted by Crippen LogP contribution is -2.09. The maximum absolute atomic E-state index is 8.44. The molecule has 0 spiro atoms. The Hall–Kier alpha value is -0.120. The molecule has 1 fully saturated rings. The highest BCUT2D eigenvalue weighted by molar-refractivity contribution is 4.61. The van der Waals surface area contributed by atoms with Crippen molar-refractivity contribution in [2.75, 3.05) is 26.4 Å². The Kier molecular flexibility index (Phi) is 16.8. The summed E-state index contributed by atoms with van der Waals surface area (Å²) in [4.78, 5) is 0. The molecule has 0 radical (unpaired) electrons. The van der Waals surface area contributed by atoms with Gasteiger partial charge in [0.15, 0.2) is 0 Å². The van der Waals surface area contributed by atoms with E-state index in [1.165, 1.54) is 51.4 Å². The van der Waals surface area contributed by atoms with Crippen molar-refractivity contribution in [1.29, 1.82) is 0 Å². The Labute approximate surface area is 126 Å². The first kappa shape index (κ1) is 19.9. The summed E-state index contributed by atoms with van der Waals surface area (Å²) in [6.45, 7) is 7.47. The van der Waals surface area contributed by atoms with Crippen LogP contribution in [0.5, 0.6) is 0 Å². The molecule has 0 aromatic rings. The third-order valence-corrected chi connectivity index (χ3v) is 3.51. The molecule has 1 rings (SSSR count). The molecule has 0 aromatic heterocycles. The summed E-state index contributed by atoms with van der Waals surface area (Å²) >= 11 is 0. The van der Waals surface area contributed by atoms with Gasteiger partial charge in [0.25, 0.3) is 0 Å². The summed E-state index contributed by atoms with van der Waals surface area (Å²) in [5, 5.41) is 8.44. The Morgan fingerprint density at radius 1 is 0.950 bits per heavy atom. The van der Waals surface area contributed by atoms with E-state index in [9.17, 15) is 0 Å². The monoisotopic (exact) mass is 288 g/mol. The molecule has 122 valence electrons. The first-order chi connectivity index (χ1) is 9.85. The van der Waals surface area contributed by atoms with Crippen LogP contribution in [-0.4, -0.2) is 37.6 Å². The fourth-order valence-electron chi connectivity index (χ4n) is 2.15. The van der Waals surface area contributed by atoms with Gasteiger partial charge in [0.05, 0.1) is 12.7 Å². The number of rotatable bonds is 11. The molecule has 0 aliphatic carbocycles. The van der Waals surface area contributed by atoms with E-state index in [-0.39, 0.29) is 12.7 Å². The van der Waals surface area contributed by atoms with Crippen LogP contribution in [0.1, 0.15) is 78.1 Å². The zero-order valence-electron chi connectivity index (χ0n) is 13.7. The van der Waals surface area contributed by atoms with Crippen LogP contribution in [0.25, 0.3) is 0 Å². The van der Waals surface area contributed by atoms with E-state index >= 15 is 0 Å². The minimum atomic E-state index is 0.153. The van der Waals surface area contributed by atoms with Crippen LogP contribution in [0.2, 0.25) is 0 Å². The molecule has 1 saturated heterocycles. The van der Waals surface area contributed by atoms with E-state index in [0.717, 1.165) is 32.7 Å². The molecular weight excluding hydrogens is 252 g/mol. The normalized spacial score (nSPS) is 17.9. The van der Waals surface area contributed by atoms with Gasteiger partial charge in [0, 0.05) is 19.8 Å². The van der Waals surface area contributed by atoms with Crippen molar-refractivity contribution in [2.24, 2.45) is 0 Å². The second-order valence-corrected chi connectivity index (χ2v) is 5.55. The van der Waals surface area contributed by atoms with Crippen LogP contribution < -0.4 is 0 Å². The number of aliphatic hydroxyl groups is 1. The second-order valence-electron chi connectivity index (χ2n) is 5.55. The molecular formula is C17H36O3. The van der Waals surface area contributed by atoms with Gasteiger partial charge in [0.2, 0.25) is 0 Å². The maximum Gasteiger partial charge on any atom is 0.0806 e. The van der Waals surface area contributed by atoms with Crippen molar-refractivity contribution in [2.45, 2.75) is 84.2 Å². The van der Waals surface area contributed by atoms with Crippen LogP contribution in [0.3, 0.4) is 0 Å². The van der Waals surface area contributed by atoms with Crippen LogP contribution >= 0.6 is 0 Å². The number of hydrogen-bond acceptors (Lipinski definition) is 3. The molecule has 1 aliphatic heterocycles. The topological polar surface area (TPSA) is 38.7 Å². The summed E-state index contributed by atoms with van der Waals surface area (Å²) in [7, 11) is 0. The van der Waals surface area contributed by atoms with E-state index in [1.54, 1.807) is 0 Å². The Balaban J connectivity index is 0.000000428. The Bertz CT molecular complexity index is 158.